The minimum atomic E-state index is -0.0346. The average molecular weight is 401 g/mol. The Labute approximate surface area is 166 Å². The number of aliphatic hydroxyl groups is 1. The van der Waals surface area contributed by atoms with Crippen LogP contribution in [-0.2, 0) is 32.7 Å². The smallest absolute Gasteiger partial charge is 0.0564 e. The Morgan fingerprint density at radius 3 is 2.04 bits per heavy atom. The van der Waals surface area contributed by atoms with Crippen molar-refractivity contribution < 1.29 is 43.0 Å². The van der Waals surface area contributed by atoms with Gasteiger partial charge >= 0.3 is 0 Å². The van der Waals surface area contributed by atoms with Crippen LogP contribution in [0.4, 0.5) is 0 Å². The first-order valence-electron chi connectivity index (χ1n) is 9.21. The van der Waals surface area contributed by atoms with E-state index in [0.717, 1.165) is 57.8 Å². The van der Waals surface area contributed by atoms with E-state index < -0.39 is 0 Å². The van der Waals surface area contributed by atoms with E-state index in [1.54, 1.807) is 0 Å². The van der Waals surface area contributed by atoms with E-state index >= 15 is 0 Å². The third-order valence-corrected chi connectivity index (χ3v) is 5.25. The van der Waals surface area contributed by atoms with Crippen LogP contribution in [0.3, 0.4) is 0 Å². The minimum absolute atomic E-state index is 0. The molecule has 2 saturated heterocycles. The molecule has 1 saturated carbocycles. The SMILES string of the molecule is OC1CCN(CC2CC[N-]CC2)CC1.ONC1CCCCC1.[Y]. The Balaban J connectivity index is 0.000000253. The summed E-state index contributed by atoms with van der Waals surface area (Å²) < 4.78 is 0. The van der Waals surface area contributed by atoms with Gasteiger partial charge in [-0.25, -0.2) is 5.48 Å². The minimum Gasteiger partial charge on any atom is -0.662 e. The fourth-order valence-corrected chi connectivity index (χ4v) is 3.69. The summed E-state index contributed by atoms with van der Waals surface area (Å²) in [6.45, 7) is 5.56. The number of hydrogen-bond donors (Lipinski definition) is 3. The fraction of sp³-hybridized carbons (Fsp3) is 1.00. The summed E-state index contributed by atoms with van der Waals surface area (Å²) in [5, 5.41) is 22.2. The Morgan fingerprint density at radius 1 is 0.913 bits per heavy atom. The quantitative estimate of drug-likeness (QED) is 0.636. The molecule has 0 aromatic carbocycles. The van der Waals surface area contributed by atoms with Gasteiger partial charge in [-0.1, -0.05) is 32.1 Å². The Morgan fingerprint density at radius 2 is 1.52 bits per heavy atom. The van der Waals surface area contributed by atoms with Crippen molar-refractivity contribution >= 4 is 0 Å². The van der Waals surface area contributed by atoms with Gasteiger partial charge in [0.15, 0.2) is 0 Å². The summed E-state index contributed by atoms with van der Waals surface area (Å²) >= 11 is 0. The molecule has 1 radical (unpaired) electrons. The second-order valence-electron chi connectivity index (χ2n) is 7.11. The van der Waals surface area contributed by atoms with Crippen LogP contribution in [0.5, 0.6) is 0 Å². The Bertz CT molecular complexity index is 277. The topological polar surface area (TPSA) is 69.8 Å². The van der Waals surface area contributed by atoms with Crippen LogP contribution in [0, 0.1) is 5.92 Å². The molecule has 1 aliphatic carbocycles. The predicted octanol–water partition coefficient (Wildman–Crippen LogP) is 2.52. The van der Waals surface area contributed by atoms with Gasteiger partial charge in [-0.2, -0.15) is 0 Å². The summed E-state index contributed by atoms with van der Waals surface area (Å²) in [7, 11) is 0. The summed E-state index contributed by atoms with van der Waals surface area (Å²) in [4.78, 5) is 2.52. The molecule has 0 bridgehead atoms. The van der Waals surface area contributed by atoms with Crippen LogP contribution in [0.15, 0.2) is 0 Å². The van der Waals surface area contributed by atoms with E-state index in [1.165, 1.54) is 38.6 Å². The summed E-state index contributed by atoms with van der Waals surface area (Å²) in [6, 6.07) is 0.392. The van der Waals surface area contributed by atoms with Crippen LogP contribution < -0.4 is 5.48 Å². The number of hydrogen-bond acceptors (Lipinski definition) is 4. The van der Waals surface area contributed by atoms with Crippen molar-refractivity contribution in [2.75, 3.05) is 32.7 Å². The van der Waals surface area contributed by atoms with Gasteiger partial charge in [0.2, 0.25) is 0 Å². The first-order valence-corrected chi connectivity index (χ1v) is 9.21. The number of rotatable bonds is 3. The number of aliphatic hydroxyl groups excluding tert-OH is 1. The van der Waals surface area contributed by atoms with Gasteiger partial charge in [0.1, 0.15) is 0 Å². The summed E-state index contributed by atoms with van der Waals surface area (Å²) in [6.07, 6.45) is 10.7. The number of hydroxylamine groups is 1. The van der Waals surface area contributed by atoms with Crippen molar-refractivity contribution in [3.05, 3.63) is 5.32 Å². The van der Waals surface area contributed by atoms with E-state index in [1.807, 2.05) is 0 Å². The first kappa shape index (κ1) is 21.9. The van der Waals surface area contributed by atoms with Gasteiger partial charge in [-0.05, 0) is 31.6 Å². The molecule has 23 heavy (non-hydrogen) atoms. The number of piperidine rings is 2. The molecular formula is C17H34N3O2Y-. The number of likely N-dealkylation sites (tertiary alicyclic amines) is 1. The monoisotopic (exact) mass is 401 g/mol. The van der Waals surface area contributed by atoms with Gasteiger partial charge in [0.25, 0.3) is 0 Å². The number of nitrogens with zero attached hydrogens (tertiary/aromatic N) is 2. The van der Waals surface area contributed by atoms with E-state index in [2.05, 4.69) is 15.7 Å². The van der Waals surface area contributed by atoms with Gasteiger partial charge in [0, 0.05) is 58.4 Å². The molecule has 5 nitrogen and oxygen atoms in total. The third kappa shape index (κ3) is 9.24. The zero-order valence-corrected chi connectivity index (χ0v) is 17.3. The molecule has 0 aromatic rings. The molecule has 3 N–H and O–H groups in total. The first-order chi connectivity index (χ1) is 10.8. The second kappa shape index (κ2) is 13.2. The Hall–Kier alpha value is 0.904. The van der Waals surface area contributed by atoms with Gasteiger partial charge in [0.05, 0.1) is 6.10 Å². The molecule has 2 aliphatic heterocycles. The molecule has 2 heterocycles. The van der Waals surface area contributed by atoms with Crippen LogP contribution >= 0.6 is 0 Å². The molecule has 6 heteroatoms. The molecular weight excluding hydrogens is 367 g/mol. The molecule has 0 amide bonds. The van der Waals surface area contributed by atoms with Crippen LogP contribution in [0.2, 0.25) is 0 Å². The number of nitrogens with one attached hydrogen (secondary N) is 1. The zero-order chi connectivity index (χ0) is 15.6. The van der Waals surface area contributed by atoms with Crippen molar-refractivity contribution in [2.45, 2.75) is 69.9 Å². The van der Waals surface area contributed by atoms with Crippen LogP contribution in [0.1, 0.15) is 57.8 Å². The summed E-state index contributed by atoms with van der Waals surface area (Å²) in [5.41, 5.74) is 2.30. The molecule has 133 valence electrons. The van der Waals surface area contributed by atoms with Crippen molar-refractivity contribution in [1.29, 1.82) is 0 Å². The average Bonchev–Trinajstić information content (AvgIpc) is 2.59. The maximum absolute atomic E-state index is 9.39. The maximum atomic E-state index is 9.39. The molecule has 0 atom stereocenters. The summed E-state index contributed by atoms with van der Waals surface area (Å²) in [5.74, 6) is 0.864. The van der Waals surface area contributed by atoms with Crippen LogP contribution in [0.25, 0.3) is 5.32 Å². The molecule has 0 aromatic heterocycles. The second-order valence-corrected chi connectivity index (χ2v) is 7.11. The van der Waals surface area contributed by atoms with E-state index in [-0.39, 0.29) is 38.8 Å². The zero-order valence-electron chi connectivity index (χ0n) is 14.5. The molecule has 0 spiro atoms. The van der Waals surface area contributed by atoms with Crippen molar-refractivity contribution in [3.8, 4) is 0 Å². The Kier molecular flexibility index (Phi) is 12.6. The predicted molar refractivity (Wildman–Crippen MR) is 89.3 cm³/mol. The van der Waals surface area contributed by atoms with Crippen LogP contribution in [-0.4, -0.2) is 60.1 Å². The van der Waals surface area contributed by atoms with Gasteiger partial charge < -0.3 is 20.5 Å². The van der Waals surface area contributed by atoms with E-state index in [0.29, 0.717) is 6.04 Å². The van der Waals surface area contributed by atoms with E-state index in [4.69, 9.17) is 5.21 Å². The third-order valence-electron chi connectivity index (χ3n) is 5.25. The van der Waals surface area contributed by atoms with Crippen molar-refractivity contribution in [3.63, 3.8) is 0 Å². The molecule has 3 fully saturated rings. The molecule has 3 rings (SSSR count). The standard InChI is InChI=1S/C11H21N2O.C6H13NO.Y/c14-11-3-7-13(8-4-11)9-10-1-5-12-6-2-10;8-7-6-4-2-1-3-5-6;/h10-11,14H,1-9H2;6-8H,1-5H2;/q-1;;. The van der Waals surface area contributed by atoms with Gasteiger partial charge in [-0.15, -0.1) is 13.1 Å². The van der Waals surface area contributed by atoms with Gasteiger partial charge in [-0.3, -0.25) is 0 Å². The van der Waals surface area contributed by atoms with Crippen molar-refractivity contribution in [1.82, 2.24) is 10.4 Å². The normalized spacial score (nSPS) is 25.3. The van der Waals surface area contributed by atoms with Crippen molar-refractivity contribution in [2.24, 2.45) is 5.92 Å². The van der Waals surface area contributed by atoms with E-state index in [9.17, 15) is 5.11 Å². The fourth-order valence-electron chi connectivity index (χ4n) is 3.69. The maximum Gasteiger partial charge on any atom is 0.0564 e. The molecule has 0 unspecified atom stereocenters. The molecule has 3 aliphatic rings. The largest absolute Gasteiger partial charge is 0.662 e.